The monoisotopic (exact) mass is 224 g/mol. The Hall–Kier alpha value is -0.900. The van der Waals surface area contributed by atoms with Crippen molar-refractivity contribution >= 4 is 0 Å². The van der Waals surface area contributed by atoms with Gasteiger partial charge in [-0.05, 0) is 38.8 Å². The van der Waals surface area contributed by atoms with Crippen LogP contribution < -0.4 is 5.32 Å². The van der Waals surface area contributed by atoms with Crippen LogP contribution in [-0.2, 0) is 13.0 Å². The number of aryl methyl sites for hydroxylation is 2. The smallest absolute Gasteiger partial charge is 0.138 e. The van der Waals surface area contributed by atoms with Gasteiger partial charge >= 0.3 is 0 Å². The lowest BCUT2D eigenvalue weighted by atomic mass is 10.2. The number of nitrogens with zero attached hydrogens (tertiary/aromatic N) is 3. The van der Waals surface area contributed by atoms with Crippen LogP contribution in [0.15, 0.2) is 6.33 Å². The van der Waals surface area contributed by atoms with Crippen molar-refractivity contribution in [1.29, 1.82) is 0 Å². The summed E-state index contributed by atoms with van der Waals surface area (Å²) in [7, 11) is 0. The molecular formula is C12H24N4. The van der Waals surface area contributed by atoms with Crippen molar-refractivity contribution in [3.05, 3.63) is 12.2 Å². The van der Waals surface area contributed by atoms with Crippen molar-refractivity contribution in [3.8, 4) is 0 Å². The molecule has 0 fully saturated rings. The summed E-state index contributed by atoms with van der Waals surface area (Å²) in [5, 5.41) is 7.61. The number of hydrogen-bond acceptors (Lipinski definition) is 3. The second-order valence-corrected chi connectivity index (χ2v) is 4.55. The van der Waals surface area contributed by atoms with Crippen LogP contribution in [0.1, 0.15) is 39.4 Å². The van der Waals surface area contributed by atoms with E-state index >= 15 is 0 Å². The van der Waals surface area contributed by atoms with Crippen LogP contribution in [0.3, 0.4) is 0 Å². The largest absolute Gasteiger partial charge is 0.316 e. The van der Waals surface area contributed by atoms with Crippen molar-refractivity contribution in [2.75, 3.05) is 13.1 Å². The molecule has 4 nitrogen and oxygen atoms in total. The summed E-state index contributed by atoms with van der Waals surface area (Å²) < 4.78 is 1.97. The van der Waals surface area contributed by atoms with E-state index in [0.29, 0.717) is 0 Å². The molecule has 1 N–H and O–H groups in total. The fraction of sp³-hybridized carbons (Fsp3) is 0.833. The van der Waals surface area contributed by atoms with E-state index in [1.165, 1.54) is 12.8 Å². The summed E-state index contributed by atoms with van der Waals surface area (Å²) in [6, 6.07) is 0. The Morgan fingerprint density at radius 1 is 1.38 bits per heavy atom. The van der Waals surface area contributed by atoms with Crippen LogP contribution in [0, 0.1) is 5.92 Å². The van der Waals surface area contributed by atoms with Crippen molar-refractivity contribution in [2.45, 2.75) is 46.6 Å². The molecule has 0 saturated heterocycles. The van der Waals surface area contributed by atoms with Gasteiger partial charge in [-0.2, -0.15) is 5.10 Å². The molecule has 0 radical (unpaired) electrons. The van der Waals surface area contributed by atoms with E-state index in [4.69, 9.17) is 0 Å². The first kappa shape index (κ1) is 13.2. The second kappa shape index (κ2) is 7.39. The average molecular weight is 224 g/mol. The minimum Gasteiger partial charge on any atom is -0.316 e. The highest BCUT2D eigenvalue weighted by molar-refractivity contribution is 4.84. The Morgan fingerprint density at radius 3 is 2.88 bits per heavy atom. The van der Waals surface area contributed by atoms with Gasteiger partial charge in [-0.25, -0.2) is 4.98 Å². The summed E-state index contributed by atoms with van der Waals surface area (Å²) in [4.78, 5) is 4.26. The Balaban J connectivity index is 2.07. The van der Waals surface area contributed by atoms with Crippen LogP contribution in [0.5, 0.6) is 0 Å². The van der Waals surface area contributed by atoms with Crippen molar-refractivity contribution in [2.24, 2.45) is 5.92 Å². The van der Waals surface area contributed by atoms with E-state index in [-0.39, 0.29) is 0 Å². The normalized spacial score (nSPS) is 11.2. The van der Waals surface area contributed by atoms with Gasteiger partial charge in [0.15, 0.2) is 0 Å². The fourth-order valence-electron chi connectivity index (χ4n) is 1.67. The summed E-state index contributed by atoms with van der Waals surface area (Å²) in [5.41, 5.74) is 0. The molecule has 0 atom stereocenters. The van der Waals surface area contributed by atoms with E-state index in [2.05, 4.69) is 36.2 Å². The van der Waals surface area contributed by atoms with Crippen LogP contribution in [0.2, 0.25) is 0 Å². The lowest BCUT2D eigenvalue weighted by Crippen LogP contribution is -2.20. The summed E-state index contributed by atoms with van der Waals surface area (Å²) in [5.74, 6) is 1.86. The first-order valence-corrected chi connectivity index (χ1v) is 6.31. The Bertz CT molecular complexity index is 280. The first-order valence-electron chi connectivity index (χ1n) is 6.31. The van der Waals surface area contributed by atoms with Gasteiger partial charge in [-0.15, -0.1) is 0 Å². The standard InChI is InChI=1S/C12H24N4/c1-4-16-12(14-10-15-16)7-5-6-8-13-9-11(2)3/h10-11,13H,4-9H2,1-3H3. The van der Waals surface area contributed by atoms with Crippen LogP contribution >= 0.6 is 0 Å². The highest BCUT2D eigenvalue weighted by atomic mass is 15.3. The number of nitrogens with one attached hydrogen (secondary N) is 1. The number of hydrogen-bond donors (Lipinski definition) is 1. The fourth-order valence-corrected chi connectivity index (χ4v) is 1.67. The van der Waals surface area contributed by atoms with Crippen LogP contribution in [-0.4, -0.2) is 27.9 Å². The van der Waals surface area contributed by atoms with E-state index in [1.807, 2.05) is 4.68 Å². The third kappa shape index (κ3) is 4.75. The van der Waals surface area contributed by atoms with Crippen molar-refractivity contribution < 1.29 is 0 Å². The number of aromatic nitrogens is 3. The molecule has 1 aromatic heterocycles. The quantitative estimate of drug-likeness (QED) is 0.685. The van der Waals surface area contributed by atoms with Gasteiger partial charge in [0.05, 0.1) is 0 Å². The minimum atomic E-state index is 0.739. The molecule has 16 heavy (non-hydrogen) atoms. The molecule has 1 aromatic rings. The maximum atomic E-state index is 4.26. The zero-order chi connectivity index (χ0) is 11.8. The molecule has 92 valence electrons. The third-order valence-corrected chi connectivity index (χ3v) is 2.55. The van der Waals surface area contributed by atoms with Crippen molar-refractivity contribution in [1.82, 2.24) is 20.1 Å². The molecule has 0 aliphatic rings. The van der Waals surface area contributed by atoms with Crippen LogP contribution in [0.4, 0.5) is 0 Å². The molecule has 0 spiro atoms. The first-order chi connectivity index (χ1) is 7.74. The van der Waals surface area contributed by atoms with Gasteiger partial charge < -0.3 is 5.32 Å². The molecule has 0 amide bonds. The summed E-state index contributed by atoms with van der Waals surface area (Å²) in [6.07, 6.45) is 5.08. The second-order valence-electron chi connectivity index (χ2n) is 4.55. The Labute approximate surface area is 98.5 Å². The summed E-state index contributed by atoms with van der Waals surface area (Å²) >= 11 is 0. The molecule has 0 aliphatic heterocycles. The molecule has 1 rings (SSSR count). The average Bonchev–Trinajstić information content (AvgIpc) is 2.70. The molecule has 4 heteroatoms. The molecule has 0 aliphatic carbocycles. The highest BCUT2D eigenvalue weighted by Crippen LogP contribution is 2.01. The van der Waals surface area contributed by atoms with Gasteiger partial charge in [-0.3, -0.25) is 4.68 Å². The van der Waals surface area contributed by atoms with Gasteiger partial charge in [0, 0.05) is 13.0 Å². The summed E-state index contributed by atoms with van der Waals surface area (Å²) in [6.45, 7) is 9.71. The lowest BCUT2D eigenvalue weighted by Gasteiger charge is -2.07. The predicted molar refractivity (Wildman–Crippen MR) is 66.3 cm³/mol. The van der Waals surface area contributed by atoms with Crippen LogP contribution in [0.25, 0.3) is 0 Å². The number of rotatable bonds is 8. The minimum absolute atomic E-state index is 0.739. The molecule has 0 saturated carbocycles. The Kier molecular flexibility index (Phi) is 6.08. The zero-order valence-electron chi connectivity index (χ0n) is 10.7. The Morgan fingerprint density at radius 2 is 2.19 bits per heavy atom. The maximum absolute atomic E-state index is 4.26. The molecule has 0 bridgehead atoms. The van der Waals surface area contributed by atoms with Gasteiger partial charge in [0.25, 0.3) is 0 Å². The molecular weight excluding hydrogens is 200 g/mol. The van der Waals surface area contributed by atoms with Crippen molar-refractivity contribution in [3.63, 3.8) is 0 Å². The SMILES string of the molecule is CCn1ncnc1CCCCNCC(C)C. The van der Waals surface area contributed by atoms with E-state index in [9.17, 15) is 0 Å². The molecule has 0 unspecified atom stereocenters. The lowest BCUT2D eigenvalue weighted by molar-refractivity contribution is 0.528. The zero-order valence-corrected chi connectivity index (χ0v) is 10.7. The third-order valence-electron chi connectivity index (χ3n) is 2.55. The van der Waals surface area contributed by atoms with E-state index < -0.39 is 0 Å². The highest BCUT2D eigenvalue weighted by Gasteiger charge is 2.01. The van der Waals surface area contributed by atoms with Gasteiger partial charge in [0.2, 0.25) is 0 Å². The molecule has 0 aromatic carbocycles. The topological polar surface area (TPSA) is 42.7 Å². The van der Waals surface area contributed by atoms with E-state index in [0.717, 1.165) is 37.8 Å². The van der Waals surface area contributed by atoms with Gasteiger partial charge in [-0.1, -0.05) is 13.8 Å². The van der Waals surface area contributed by atoms with Gasteiger partial charge in [0.1, 0.15) is 12.2 Å². The number of unbranched alkanes of at least 4 members (excludes halogenated alkanes) is 1. The predicted octanol–water partition coefficient (Wildman–Crippen LogP) is 1.87. The molecule has 1 heterocycles. The van der Waals surface area contributed by atoms with E-state index in [1.54, 1.807) is 6.33 Å². The maximum Gasteiger partial charge on any atom is 0.138 e.